The molecule has 0 unspecified atom stereocenters. The third-order valence-electron chi connectivity index (χ3n) is 3.76. The van der Waals surface area contributed by atoms with Gasteiger partial charge in [-0.1, -0.05) is 12.1 Å². The van der Waals surface area contributed by atoms with Crippen molar-refractivity contribution in [3.63, 3.8) is 0 Å². The first kappa shape index (κ1) is 13.4. The van der Waals surface area contributed by atoms with E-state index < -0.39 is 0 Å². The lowest BCUT2D eigenvalue weighted by Gasteiger charge is -2.11. The zero-order valence-electron chi connectivity index (χ0n) is 12.1. The number of phenols is 1. The average molecular weight is 279 g/mol. The van der Waals surface area contributed by atoms with Gasteiger partial charge in [0.1, 0.15) is 5.75 Å². The van der Waals surface area contributed by atoms with Crippen LogP contribution in [-0.2, 0) is 6.42 Å². The van der Waals surface area contributed by atoms with Gasteiger partial charge in [0.05, 0.1) is 0 Å². The minimum absolute atomic E-state index is 0.0571. The van der Waals surface area contributed by atoms with E-state index in [2.05, 4.69) is 0 Å². The van der Waals surface area contributed by atoms with E-state index in [-0.39, 0.29) is 11.5 Å². The van der Waals surface area contributed by atoms with E-state index >= 15 is 0 Å². The Hall–Kier alpha value is -2.55. The molecule has 2 aromatic carbocycles. The van der Waals surface area contributed by atoms with Crippen molar-refractivity contribution in [1.82, 2.24) is 0 Å². The lowest BCUT2D eigenvalue weighted by molar-refractivity contribution is 0.104. The van der Waals surface area contributed by atoms with Crippen LogP contribution in [0.5, 0.6) is 5.75 Å². The molecule has 0 saturated carbocycles. The summed E-state index contributed by atoms with van der Waals surface area (Å²) in [6.07, 6.45) is 2.51. The van der Waals surface area contributed by atoms with E-state index in [4.69, 9.17) is 0 Å². The molecule has 3 heteroatoms. The molecule has 0 saturated heterocycles. The number of Topliss-reactive ketones (excluding diaryl/α,β-unsaturated/α-hetero) is 1. The van der Waals surface area contributed by atoms with Gasteiger partial charge in [-0.05, 0) is 47.5 Å². The number of carbonyl (C=O) groups excluding carboxylic acids is 1. The molecule has 0 spiro atoms. The van der Waals surface area contributed by atoms with Gasteiger partial charge in [-0.3, -0.25) is 4.79 Å². The van der Waals surface area contributed by atoms with E-state index in [9.17, 15) is 9.90 Å². The molecule has 2 aromatic rings. The van der Waals surface area contributed by atoms with Crippen molar-refractivity contribution in [2.24, 2.45) is 0 Å². The Bertz CT molecular complexity index is 727. The van der Waals surface area contributed by atoms with Gasteiger partial charge in [0, 0.05) is 37.3 Å². The Kier molecular flexibility index (Phi) is 3.26. The first-order valence-electron chi connectivity index (χ1n) is 6.89. The number of fused-ring (bicyclic) bond motifs is 1. The Balaban J connectivity index is 1.90. The summed E-state index contributed by atoms with van der Waals surface area (Å²) in [5.41, 5.74) is 4.51. The van der Waals surface area contributed by atoms with Crippen LogP contribution in [0.3, 0.4) is 0 Å². The molecule has 1 aliphatic rings. The van der Waals surface area contributed by atoms with E-state index in [1.165, 1.54) is 0 Å². The minimum Gasteiger partial charge on any atom is -0.508 e. The van der Waals surface area contributed by atoms with Gasteiger partial charge in [0.2, 0.25) is 0 Å². The molecule has 0 atom stereocenters. The Labute approximate surface area is 124 Å². The SMILES string of the molecule is CN(C)c1ccc(/C=C2\Cc3cc(O)ccc3C2=O)cc1. The number of anilines is 1. The number of aromatic hydroxyl groups is 1. The quantitative estimate of drug-likeness (QED) is 0.858. The predicted molar refractivity (Wildman–Crippen MR) is 84.9 cm³/mol. The van der Waals surface area contributed by atoms with E-state index in [1.807, 2.05) is 49.3 Å². The second-order valence-electron chi connectivity index (χ2n) is 5.50. The molecule has 1 aliphatic carbocycles. The molecule has 0 fully saturated rings. The summed E-state index contributed by atoms with van der Waals surface area (Å²) in [7, 11) is 3.99. The van der Waals surface area contributed by atoms with Crippen molar-refractivity contribution in [2.75, 3.05) is 19.0 Å². The number of allylic oxidation sites excluding steroid dienone is 1. The second kappa shape index (κ2) is 5.09. The van der Waals surface area contributed by atoms with Crippen LogP contribution in [0.1, 0.15) is 21.5 Å². The first-order chi connectivity index (χ1) is 10.0. The molecular weight excluding hydrogens is 262 g/mol. The zero-order chi connectivity index (χ0) is 15.0. The largest absolute Gasteiger partial charge is 0.508 e. The van der Waals surface area contributed by atoms with Gasteiger partial charge in [-0.15, -0.1) is 0 Å². The summed E-state index contributed by atoms with van der Waals surface area (Å²) in [5, 5.41) is 9.51. The fraction of sp³-hybridized carbons (Fsp3) is 0.167. The average Bonchev–Trinajstić information content (AvgIpc) is 2.75. The topological polar surface area (TPSA) is 40.5 Å². The Morgan fingerprint density at radius 1 is 1.10 bits per heavy atom. The number of ketones is 1. The normalized spacial score (nSPS) is 15.3. The summed E-state index contributed by atoms with van der Waals surface area (Å²) in [6.45, 7) is 0. The fourth-order valence-electron chi connectivity index (χ4n) is 2.59. The molecule has 0 aromatic heterocycles. The third-order valence-corrected chi connectivity index (χ3v) is 3.76. The number of phenolic OH excluding ortho intramolecular Hbond substituents is 1. The van der Waals surface area contributed by atoms with Crippen LogP contribution in [0.25, 0.3) is 6.08 Å². The summed E-state index contributed by atoms with van der Waals surface area (Å²) in [5.74, 6) is 0.264. The molecule has 3 nitrogen and oxygen atoms in total. The minimum atomic E-state index is 0.0571. The highest BCUT2D eigenvalue weighted by atomic mass is 16.3. The van der Waals surface area contributed by atoms with Crippen LogP contribution in [0.15, 0.2) is 48.0 Å². The summed E-state index contributed by atoms with van der Waals surface area (Å²) < 4.78 is 0. The summed E-state index contributed by atoms with van der Waals surface area (Å²) in [6, 6.07) is 13.0. The summed E-state index contributed by atoms with van der Waals surface area (Å²) >= 11 is 0. The molecule has 0 bridgehead atoms. The maximum atomic E-state index is 12.3. The van der Waals surface area contributed by atoms with Crippen LogP contribution in [0, 0.1) is 0 Å². The predicted octanol–water partition coefficient (Wildman–Crippen LogP) is 3.28. The highest BCUT2D eigenvalue weighted by Gasteiger charge is 2.24. The van der Waals surface area contributed by atoms with Crippen molar-refractivity contribution >= 4 is 17.5 Å². The van der Waals surface area contributed by atoms with Gasteiger partial charge in [-0.25, -0.2) is 0 Å². The molecule has 106 valence electrons. The van der Waals surface area contributed by atoms with Crippen molar-refractivity contribution in [3.05, 3.63) is 64.7 Å². The number of hydrogen-bond donors (Lipinski definition) is 1. The van der Waals surface area contributed by atoms with Gasteiger partial charge >= 0.3 is 0 Å². The number of nitrogens with zero attached hydrogens (tertiary/aromatic N) is 1. The lowest BCUT2D eigenvalue weighted by atomic mass is 10.1. The van der Waals surface area contributed by atoms with Gasteiger partial charge in [0.25, 0.3) is 0 Å². The fourth-order valence-corrected chi connectivity index (χ4v) is 2.59. The van der Waals surface area contributed by atoms with Crippen LogP contribution < -0.4 is 4.90 Å². The van der Waals surface area contributed by atoms with Crippen LogP contribution >= 0.6 is 0 Å². The number of benzene rings is 2. The van der Waals surface area contributed by atoms with Crippen molar-refractivity contribution in [3.8, 4) is 5.75 Å². The monoisotopic (exact) mass is 279 g/mol. The maximum absolute atomic E-state index is 12.3. The maximum Gasteiger partial charge on any atom is 0.189 e. The van der Waals surface area contributed by atoms with Crippen LogP contribution in [0.2, 0.25) is 0 Å². The Morgan fingerprint density at radius 3 is 2.48 bits per heavy atom. The highest BCUT2D eigenvalue weighted by Crippen LogP contribution is 2.30. The first-order valence-corrected chi connectivity index (χ1v) is 6.89. The van der Waals surface area contributed by atoms with Crippen LogP contribution in [0.4, 0.5) is 5.69 Å². The van der Waals surface area contributed by atoms with Gasteiger partial charge in [0.15, 0.2) is 5.78 Å². The molecule has 21 heavy (non-hydrogen) atoms. The van der Waals surface area contributed by atoms with Crippen molar-refractivity contribution in [1.29, 1.82) is 0 Å². The zero-order valence-corrected chi connectivity index (χ0v) is 12.1. The second-order valence-corrected chi connectivity index (χ2v) is 5.50. The molecule has 3 rings (SSSR count). The molecule has 0 aliphatic heterocycles. The molecule has 0 radical (unpaired) electrons. The molecule has 1 N–H and O–H groups in total. The van der Waals surface area contributed by atoms with E-state index in [0.717, 1.165) is 22.4 Å². The molecule has 0 heterocycles. The molecular formula is C18H17NO2. The van der Waals surface area contributed by atoms with E-state index in [0.29, 0.717) is 12.0 Å². The number of carbonyl (C=O) groups is 1. The van der Waals surface area contributed by atoms with Gasteiger partial charge in [-0.2, -0.15) is 0 Å². The standard InChI is InChI=1S/C18H17NO2/c1-19(2)15-5-3-12(4-6-15)9-14-10-13-11-16(20)7-8-17(13)18(14)21/h3-9,11,20H,10H2,1-2H3/b14-9+. The number of rotatable bonds is 2. The Morgan fingerprint density at radius 2 is 1.81 bits per heavy atom. The number of hydrogen-bond acceptors (Lipinski definition) is 3. The van der Waals surface area contributed by atoms with Crippen molar-refractivity contribution < 1.29 is 9.90 Å². The lowest BCUT2D eigenvalue weighted by Crippen LogP contribution is -2.07. The van der Waals surface area contributed by atoms with Crippen molar-refractivity contribution in [2.45, 2.75) is 6.42 Å². The summed E-state index contributed by atoms with van der Waals surface area (Å²) in [4.78, 5) is 14.4. The smallest absolute Gasteiger partial charge is 0.189 e. The third kappa shape index (κ3) is 2.55. The van der Waals surface area contributed by atoms with Gasteiger partial charge < -0.3 is 10.0 Å². The van der Waals surface area contributed by atoms with Crippen LogP contribution in [-0.4, -0.2) is 25.0 Å². The molecule has 0 amide bonds. The highest BCUT2D eigenvalue weighted by molar-refractivity contribution is 6.15. The van der Waals surface area contributed by atoms with E-state index in [1.54, 1.807) is 18.2 Å².